The van der Waals surface area contributed by atoms with Gasteiger partial charge >= 0.3 is 0 Å². The Balaban J connectivity index is 2.70. The molecule has 16 heavy (non-hydrogen) atoms. The molecule has 1 aromatic rings. The van der Waals surface area contributed by atoms with Crippen molar-refractivity contribution in [2.24, 2.45) is 17.4 Å². The molecule has 0 aliphatic heterocycles. The Morgan fingerprint density at radius 3 is 2.12 bits per heavy atom. The average Bonchev–Trinajstić information content (AvgIpc) is 2.32. The van der Waals surface area contributed by atoms with Crippen LogP contribution < -0.4 is 11.5 Å². The second-order valence-electron chi connectivity index (χ2n) is 4.23. The van der Waals surface area contributed by atoms with E-state index in [1.807, 2.05) is 12.1 Å². The maximum atomic E-state index is 12.8. The first-order valence-corrected chi connectivity index (χ1v) is 5.86. The summed E-state index contributed by atoms with van der Waals surface area (Å²) in [6.07, 6.45) is 2.01. The van der Waals surface area contributed by atoms with Gasteiger partial charge in [-0.05, 0) is 55.5 Å². The van der Waals surface area contributed by atoms with Crippen LogP contribution in [0.2, 0.25) is 0 Å². The van der Waals surface area contributed by atoms with Gasteiger partial charge in [-0.1, -0.05) is 19.1 Å². The van der Waals surface area contributed by atoms with E-state index >= 15 is 0 Å². The Hall–Kier alpha value is -0.930. The fourth-order valence-electron chi connectivity index (χ4n) is 1.96. The van der Waals surface area contributed by atoms with Crippen molar-refractivity contribution in [3.8, 4) is 0 Å². The Bertz CT molecular complexity index is 293. The molecule has 3 heteroatoms. The summed E-state index contributed by atoms with van der Waals surface area (Å²) in [5, 5.41) is 0. The molecule has 0 heterocycles. The predicted molar refractivity (Wildman–Crippen MR) is 65.6 cm³/mol. The normalized spacial score (nSPS) is 13.1. The van der Waals surface area contributed by atoms with Crippen LogP contribution in [0, 0.1) is 11.7 Å². The van der Waals surface area contributed by atoms with E-state index in [1.54, 1.807) is 0 Å². The van der Waals surface area contributed by atoms with Gasteiger partial charge in [0.1, 0.15) is 5.82 Å². The third-order valence-corrected chi connectivity index (χ3v) is 3.12. The molecular weight excluding hydrogens is 203 g/mol. The molecule has 0 aromatic heterocycles. The van der Waals surface area contributed by atoms with Crippen LogP contribution >= 0.6 is 0 Å². The van der Waals surface area contributed by atoms with E-state index in [9.17, 15) is 4.39 Å². The highest BCUT2D eigenvalue weighted by Crippen LogP contribution is 2.26. The number of benzene rings is 1. The zero-order chi connectivity index (χ0) is 12.0. The molecule has 0 radical (unpaired) electrons. The summed E-state index contributed by atoms with van der Waals surface area (Å²) in [6, 6.07) is 6.73. The van der Waals surface area contributed by atoms with Crippen LogP contribution in [0.25, 0.3) is 0 Å². The van der Waals surface area contributed by atoms with Gasteiger partial charge in [0.05, 0.1) is 0 Å². The second-order valence-corrected chi connectivity index (χ2v) is 4.23. The molecule has 90 valence electrons. The molecule has 4 N–H and O–H groups in total. The Labute approximate surface area is 96.8 Å². The first kappa shape index (κ1) is 13.1. The minimum absolute atomic E-state index is 0.187. The van der Waals surface area contributed by atoms with E-state index in [0.717, 1.165) is 12.8 Å². The fraction of sp³-hybridized carbons (Fsp3) is 0.538. The lowest BCUT2D eigenvalue weighted by molar-refractivity contribution is 0.442. The lowest BCUT2D eigenvalue weighted by Gasteiger charge is -2.20. The van der Waals surface area contributed by atoms with Crippen LogP contribution in [0.3, 0.4) is 0 Å². The Morgan fingerprint density at radius 2 is 1.69 bits per heavy atom. The number of nitrogens with two attached hydrogens (primary N) is 2. The van der Waals surface area contributed by atoms with Crippen molar-refractivity contribution in [2.45, 2.75) is 25.7 Å². The topological polar surface area (TPSA) is 52.0 Å². The van der Waals surface area contributed by atoms with Crippen LogP contribution in [0.5, 0.6) is 0 Å². The van der Waals surface area contributed by atoms with Crippen LogP contribution in [-0.4, -0.2) is 13.1 Å². The standard InChI is InChI=1S/C13H21FN2/c1-2-11(7-10(8-15)9-16)12-3-5-13(14)6-4-12/h3-6,10-11H,2,7-9,15-16H2,1H3. The lowest BCUT2D eigenvalue weighted by Crippen LogP contribution is -2.25. The highest BCUT2D eigenvalue weighted by molar-refractivity contribution is 5.20. The molecule has 1 unspecified atom stereocenters. The van der Waals surface area contributed by atoms with E-state index in [2.05, 4.69) is 6.92 Å². The first-order valence-electron chi connectivity index (χ1n) is 5.86. The van der Waals surface area contributed by atoms with Crippen LogP contribution in [0.1, 0.15) is 31.2 Å². The van der Waals surface area contributed by atoms with Crippen LogP contribution in [-0.2, 0) is 0 Å². The third-order valence-electron chi connectivity index (χ3n) is 3.12. The summed E-state index contributed by atoms with van der Waals surface area (Å²) in [5.41, 5.74) is 12.5. The van der Waals surface area contributed by atoms with Gasteiger partial charge in [0.15, 0.2) is 0 Å². The SMILES string of the molecule is CCC(CC(CN)CN)c1ccc(F)cc1. The monoisotopic (exact) mass is 224 g/mol. The van der Waals surface area contributed by atoms with Crippen molar-refractivity contribution in [1.82, 2.24) is 0 Å². The highest BCUT2D eigenvalue weighted by Gasteiger charge is 2.14. The molecule has 0 aliphatic carbocycles. The van der Waals surface area contributed by atoms with E-state index < -0.39 is 0 Å². The minimum Gasteiger partial charge on any atom is -0.330 e. The first-order chi connectivity index (χ1) is 7.71. The fourth-order valence-corrected chi connectivity index (χ4v) is 1.96. The number of rotatable bonds is 6. The van der Waals surface area contributed by atoms with Crippen molar-refractivity contribution < 1.29 is 4.39 Å². The van der Waals surface area contributed by atoms with Gasteiger partial charge in [-0.25, -0.2) is 4.39 Å². The molecule has 1 atom stereocenters. The molecule has 0 bridgehead atoms. The molecule has 0 fully saturated rings. The summed E-state index contributed by atoms with van der Waals surface area (Å²) in [5.74, 6) is 0.598. The molecular formula is C13H21FN2. The highest BCUT2D eigenvalue weighted by atomic mass is 19.1. The van der Waals surface area contributed by atoms with Gasteiger partial charge in [0.25, 0.3) is 0 Å². The predicted octanol–water partition coefficient (Wildman–Crippen LogP) is 2.24. The molecule has 0 amide bonds. The van der Waals surface area contributed by atoms with Crippen molar-refractivity contribution in [1.29, 1.82) is 0 Å². The van der Waals surface area contributed by atoms with Crippen LogP contribution in [0.4, 0.5) is 4.39 Å². The summed E-state index contributed by atoms with van der Waals surface area (Å²) in [4.78, 5) is 0. The zero-order valence-corrected chi connectivity index (χ0v) is 9.83. The van der Waals surface area contributed by atoms with Gasteiger partial charge in [-0.15, -0.1) is 0 Å². The number of hydrogen-bond donors (Lipinski definition) is 2. The van der Waals surface area contributed by atoms with E-state index in [-0.39, 0.29) is 5.82 Å². The number of hydrogen-bond acceptors (Lipinski definition) is 2. The largest absolute Gasteiger partial charge is 0.330 e. The maximum Gasteiger partial charge on any atom is 0.123 e. The minimum atomic E-state index is -0.187. The third kappa shape index (κ3) is 3.58. The van der Waals surface area contributed by atoms with E-state index in [1.165, 1.54) is 17.7 Å². The molecule has 0 aliphatic rings. The van der Waals surface area contributed by atoms with E-state index in [4.69, 9.17) is 11.5 Å². The maximum absolute atomic E-state index is 12.8. The van der Waals surface area contributed by atoms with Crippen LogP contribution in [0.15, 0.2) is 24.3 Å². The molecule has 0 saturated carbocycles. The quantitative estimate of drug-likeness (QED) is 0.778. The summed E-state index contributed by atoms with van der Waals surface area (Å²) in [7, 11) is 0. The Morgan fingerprint density at radius 1 is 1.12 bits per heavy atom. The van der Waals surface area contributed by atoms with Gasteiger partial charge in [0, 0.05) is 0 Å². The summed E-state index contributed by atoms with van der Waals surface area (Å²) in [6.45, 7) is 3.38. The lowest BCUT2D eigenvalue weighted by atomic mass is 9.87. The van der Waals surface area contributed by atoms with E-state index in [0.29, 0.717) is 24.9 Å². The van der Waals surface area contributed by atoms with Gasteiger partial charge in [-0.2, -0.15) is 0 Å². The van der Waals surface area contributed by atoms with Crippen molar-refractivity contribution in [3.63, 3.8) is 0 Å². The molecule has 1 aromatic carbocycles. The summed E-state index contributed by atoms with van der Waals surface area (Å²) < 4.78 is 12.8. The molecule has 0 saturated heterocycles. The van der Waals surface area contributed by atoms with Crippen molar-refractivity contribution in [3.05, 3.63) is 35.6 Å². The molecule has 2 nitrogen and oxygen atoms in total. The number of halogens is 1. The van der Waals surface area contributed by atoms with Crippen molar-refractivity contribution in [2.75, 3.05) is 13.1 Å². The van der Waals surface area contributed by atoms with Gasteiger partial charge in [-0.3, -0.25) is 0 Å². The van der Waals surface area contributed by atoms with Gasteiger partial charge < -0.3 is 11.5 Å². The molecule has 1 rings (SSSR count). The average molecular weight is 224 g/mol. The molecule has 0 spiro atoms. The van der Waals surface area contributed by atoms with Gasteiger partial charge in [0.2, 0.25) is 0 Å². The second kappa shape index (κ2) is 6.61. The summed E-state index contributed by atoms with van der Waals surface area (Å²) >= 11 is 0. The zero-order valence-electron chi connectivity index (χ0n) is 9.83. The smallest absolute Gasteiger partial charge is 0.123 e. The Kier molecular flexibility index (Phi) is 5.43. The van der Waals surface area contributed by atoms with Crippen molar-refractivity contribution >= 4 is 0 Å².